The fourth-order valence-electron chi connectivity index (χ4n) is 2.12. The summed E-state index contributed by atoms with van der Waals surface area (Å²) in [6.07, 6.45) is 1.70. The minimum Gasteiger partial charge on any atom is -0.458 e. The molecule has 0 amide bonds. The normalized spacial score (nSPS) is 11.7. The SMILES string of the molecule is CC(C)c1noc(CN(C)Cc2ccc(-c3ccn[nH]3)o2)n1. The third-order valence-electron chi connectivity index (χ3n) is 3.26. The molecule has 0 bridgehead atoms. The van der Waals surface area contributed by atoms with E-state index >= 15 is 0 Å². The van der Waals surface area contributed by atoms with Gasteiger partial charge in [0.15, 0.2) is 11.6 Å². The number of hydrogen-bond donors (Lipinski definition) is 1. The fourth-order valence-corrected chi connectivity index (χ4v) is 2.12. The number of aromatic amines is 1. The summed E-state index contributed by atoms with van der Waals surface area (Å²) in [4.78, 5) is 6.44. The Kier molecular flexibility index (Phi) is 4.06. The summed E-state index contributed by atoms with van der Waals surface area (Å²) in [6, 6.07) is 5.76. The van der Waals surface area contributed by atoms with E-state index < -0.39 is 0 Å². The van der Waals surface area contributed by atoms with Gasteiger partial charge in [0.1, 0.15) is 11.5 Å². The van der Waals surface area contributed by atoms with Crippen LogP contribution in [0.5, 0.6) is 0 Å². The summed E-state index contributed by atoms with van der Waals surface area (Å²) in [7, 11) is 1.98. The number of hydrogen-bond acceptors (Lipinski definition) is 6. The van der Waals surface area contributed by atoms with Gasteiger partial charge in [0.2, 0.25) is 5.89 Å². The third-order valence-corrected chi connectivity index (χ3v) is 3.26. The molecule has 0 fully saturated rings. The van der Waals surface area contributed by atoms with E-state index in [0.29, 0.717) is 19.0 Å². The second-order valence-electron chi connectivity index (χ2n) is 5.61. The highest BCUT2D eigenvalue weighted by Crippen LogP contribution is 2.20. The number of aromatic nitrogens is 4. The molecule has 0 aliphatic carbocycles. The Morgan fingerprint density at radius 1 is 1.23 bits per heavy atom. The maximum atomic E-state index is 5.80. The lowest BCUT2D eigenvalue weighted by molar-refractivity contribution is 0.244. The molecule has 0 aromatic carbocycles. The summed E-state index contributed by atoms with van der Waals surface area (Å²) < 4.78 is 11.1. The van der Waals surface area contributed by atoms with Crippen molar-refractivity contribution in [3.63, 3.8) is 0 Å². The number of nitrogens with one attached hydrogen (secondary N) is 1. The van der Waals surface area contributed by atoms with Crippen LogP contribution >= 0.6 is 0 Å². The van der Waals surface area contributed by atoms with Crippen molar-refractivity contribution in [2.24, 2.45) is 0 Å². The first-order valence-electron chi connectivity index (χ1n) is 7.21. The third kappa shape index (κ3) is 3.25. The van der Waals surface area contributed by atoms with E-state index in [9.17, 15) is 0 Å². The van der Waals surface area contributed by atoms with E-state index in [-0.39, 0.29) is 5.92 Å². The van der Waals surface area contributed by atoms with E-state index in [1.807, 2.05) is 39.1 Å². The van der Waals surface area contributed by atoms with Crippen LogP contribution in [0.4, 0.5) is 0 Å². The Morgan fingerprint density at radius 3 is 2.77 bits per heavy atom. The smallest absolute Gasteiger partial charge is 0.240 e. The molecule has 0 radical (unpaired) electrons. The van der Waals surface area contributed by atoms with Gasteiger partial charge in [-0.15, -0.1) is 0 Å². The van der Waals surface area contributed by atoms with Crippen molar-refractivity contribution in [2.45, 2.75) is 32.9 Å². The van der Waals surface area contributed by atoms with Crippen molar-refractivity contribution in [3.8, 4) is 11.5 Å². The molecule has 3 aromatic heterocycles. The Morgan fingerprint density at radius 2 is 2.09 bits per heavy atom. The molecule has 3 heterocycles. The number of nitrogens with zero attached hydrogens (tertiary/aromatic N) is 4. The molecule has 116 valence electrons. The second kappa shape index (κ2) is 6.15. The second-order valence-corrected chi connectivity index (χ2v) is 5.61. The average molecular weight is 301 g/mol. The molecular formula is C15H19N5O2. The minimum absolute atomic E-state index is 0.268. The van der Waals surface area contributed by atoms with Crippen LogP contribution in [0.1, 0.15) is 37.2 Å². The van der Waals surface area contributed by atoms with Crippen molar-refractivity contribution in [1.82, 2.24) is 25.2 Å². The highest BCUT2D eigenvalue weighted by molar-refractivity contribution is 5.51. The van der Waals surface area contributed by atoms with Crippen molar-refractivity contribution in [2.75, 3.05) is 7.05 Å². The van der Waals surface area contributed by atoms with E-state index in [1.165, 1.54) is 0 Å². The Labute approximate surface area is 128 Å². The first-order valence-corrected chi connectivity index (χ1v) is 7.21. The quantitative estimate of drug-likeness (QED) is 0.753. The van der Waals surface area contributed by atoms with Gasteiger partial charge in [-0.05, 0) is 25.2 Å². The maximum absolute atomic E-state index is 5.80. The van der Waals surface area contributed by atoms with Gasteiger partial charge in [0, 0.05) is 12.1 Å². The Bertz CT molecular complexity index is 714. The highest BCUT2D eigenvalue weighted by atomic mass is 16.5. The van der Waals surface area contributed by atoms with Crippen LogP contribution < -0.4 is 0 Å². The monoisotopic (exact) mass is 301 g/mol. The zero-order valence-electron chi connectivity index (χ0n) is 12.9. The lowest BCUT2D eigenvalue weighted by atomic mass is 10.2. The summed E-state index contributed by atoms with van der Waals surface area (Å²) in [5.74, 6) is 3.27. The molecule has 0 atom stereocenters. The molecule has 3 aromatic rings. The van der Waals surface area contributed by atoms with Gasteiger partial charge < -0.3 is 8.94 Å². The van der Waals surface area contributed by atoms with Crippen LogP contribution in [0.3, 0.4) is 0 Å². The van der Waals surface area contributed by atoms with E-state index in [2.05, 4.69) is 25.2 Å². The summed E-state index contributed by atoms with van der Waals surface area (Å²) in [5, 5.41) is 10.8. The van der Waals surface area contributed by atoms with E-state index in [1.54, 1.807) is 6.20 Å². The molecular weight excluding hydrogens is 282 g/mol. The van der Waals surface area contributed by atoms with Crippen LogP contribution in [0.2, 0.25) is 0 Å². The molecule has 7 nitrogen and oxygen atoms in total. The van der Waals surface area contributed by atoms with Gasteiger partial charge in [-0.25, -0.2) is 0 Å². The average Bonchev–Trinajstić information content (AvgIpc) is 3.18. The van der Waals surface area contributed by atoms with Crippen LogP contribution in [-0.4, -0.2) is 32.3 Å². The van der Waals surface area contributed by atoms with E-state index in [4.69, 9.17) is 8.94 Å². The number of furan rings is 1. The molecule has 1 N–H and O–H groups in total. The van der Waals surface area contributed by atoms with Crippen LogP contribution in [-0.2, 0) is 13.1 Å². The minimum atomic E-state index is 0.268. The molecule has 0 saturated heterocycles. The maximum Gasteiger partial charge on any atom is 0.240 e. The highest BCUT2D eigenvalue weighted by Gasteiger charge is 2.13. The molecule has 0 spiro atoms. The Hall–Kier alpha value is -2.41. The summed E-state index contributed by atoms with van der Waals surface area (Å²) >= 11 is 0. The number of H-pyrrole nitrogens is 1. The Balaban J connectivity index is 1.60. The largest absolute Gasteiger partial charge is 0.458 e. The molecule has 22 heavy (non-hydrogen) atoms. The van der Waals surface area contributed by atoms with Gasteiger partial charge >= 0.3 is 0 Å². The first kappa shape index (κ1) is 14.5. The molecule has 0 unspecified atom stereocenters. The van der Waals surface area contributed by atoms with Crippen LogP contribution in [0.15, 0.2) is 33.3 Å². The van der Waals surface area contributed by atoms with Crippen molar-refractivity contribution >= 4 is 0 Å². The van der Waals surface area contributed by atoms with Gasteiger partial charge in [-0.2, -0.15) is 10.1 Å². The van der Waals surface area contributed by atoms with Crippen molar-refractivity contribution in [1.29, 1.82) is 0 Å². The predicted molar refractivity (Wildman–Crippen MR) is 79.8 cm³/mol. The summed E-state index contributed by atoms with van der Waals surface area (Å²) in [5.41, 5.74) is 0.868. The molecule has 3 rings (SSSR count). The predicted octanol–water partition coefficient (Wildman–Crippen LogP) is 2.81. The van der Waals surface area contributed by atoms with Gasteiger partial charge in [-0.1, -0.05) is 19.0 Å². The molecule has 7 heteroatoms. The first-order chi connectivity index (χ1) is 10.6. The van der Waals surface area contributed by atoms with Crippen molar-refractivity contribution < 1.29 is 8.94 Å². The topological polar surface area (TPSA) is 84.0 Å². The lowest BCUT2D eigenvalue weighted by Crippen LogP contribution is -2.17. The fraction of sp³-hybridized carbons (Fsp3) is 0.400. The summed E-state index contributed by atoms with van der Waals surface area (Å²) in [6.45, 7) is 5.32. The van der Waals surface area contributed by atoms with Crippen LogP contribution in [0.25, 0.3) is 11.5 Å². The lowest BCUT2D eigenvalue weighted by Gasteiger charge is -2.11. The molecule has 0 aliphatic heterocycles. The van der Waals surface area contributed by atoms with Gasteiger partial charge in [0.05, 0.1) is 13.1 Å². The molecule has 0 aliphatic rings. The number of rotatable bonds is 6. The van der Waals surface area contributed by atoms with Gasteiger partial charge in [-0.3, -0.25) is 10.00 Å². The van der Waals surface area contributed by atoms with E-state index in [0.717, 1.165) is 23.0 Å². The zero-order valence-corrected chi connectivity index (χ0v) is 12.9. The van der Waals surface area contributed by atoms with Crippen LogP contribution in [0, 0.1) is 0 Å². The zero-order chi connectivity index (χ0) is 15.5. The van der Waals surface area contributed by atoms with Gasteiger partial charge in [0.25, 0.3) is 0 Å². The van der Waals surface area contributed by atoms with Crippen molar-refractivity contribution in [3.05, 3.63) is 41.9 Å². The molecule has 0 saturated carbocycles. The standard InChI is InChI=1S/C15H19N5O2/c1-10(2)15-17-14(22-19-15)9-20(3)8-11-4-5-13(21-11)12-6-7-16-18-12/h4-7,10H,8-9H2,1-3H3,(H,16,18).